The highest BCUT2D eigenvalue weighted by Gasteiger charge is 2.16. The molecule has 0 aliphatic heterocycles. The van der Waals surface area contributed by atoms with Crippen LogP contribution in [-0.4, -0.2) is 26.0 Å². The number of anilines is 1. The van der Waals surface area contributed by atoms with Crippen LogP contribution in [0.4, 0.5) is 5.69 Å². The predicted octanol–water partition coefficient (Wildman–Crippen LogP) is 2.38. The minimum atomic E-state index is -0.318. The molecule has 0 radical (unpaired) electrons. The first-order chi connectivity index (χ1) is 11.7. The number of rotatable bonds is 5. The van der Waals surface area contributed by atoms with E-state index in [1.807, 2.05) is 37.3 Å². The zero-order chi connectivity index (χ0) is 16.9. The van der Waals surface area contributed by atoms with Gasteiger partial charge in [-0.2, -0.15) is 0 Å². The summed E-state index contributed by atoms with van der Waals surface area (Å²) in [5, 5.41) is 20.0. The van der Waals surface area contributed by atoms with Gasteiger partial charge in [0, 0.05) is 5.69 Å². The molecule has 6 nitrogen and oxygen atoms in total. The molecule has 0 saturated carbocycles. The van der Waals surface area contributed by atoms with E-state index in [2.05, 4.69) is 15.6 Å². The molecule has 2 aromatic carbocycles. The van der Waals surface area contributed by atoms with Gasteiger partial charge in [-0.25, -0.2) is 4.68 Å². The number of aliphatic hydroxyl groups excluding tert-OH is 1. The topological polar surface area (TPSA) is 80.0 Å². The second-order valence-electron chi connectivity index (χ2n) is 5.48. The van der Waals surface area contributed by atoms with Gasteiger partial charge >= 0.3 is 0 Å². The Morgan fingerprint density at radius 1 is 1.12 bits per heavy atom. The maximum absolute atomic E-state index is 12.4. The summed E-state index contributed by atoms with van der Waals surface area (Å²) in [5.41, 5.74) is 3.43. The van der Waals surface area contributed by atoms with Crippen LogP contribution < -0.4 is 5.32 Å². The predicted molar refractivity (Wildman–Crippen MR) is 90.6 cm³/mol. The van der Waals surface area contributed by atoms with Crippen LogP contribution in [0, 0.1) is 6.92 Å². The minimum absolute atomic E-state index is 0.0734. The highest BCUT2D eigenvalue weighted by Crippen LogP contribution is 2.14. The van der Waals surface area contributed by atoms with Gasteiger partial charge in [0.15, 0.2) is 5.69 Å². The van der Waals surface area contributed by atoms with E-state index >= 15 is 0 Å². The van der Waals surface area contributed by atoms with Crippen LogP contribution in [0.15, 0.2) is 54.6 Å². The van der Waals surface area contributed by atoms with Crippen LogP contribution in [0.25, 0.3) is 0 Å². The zero-order valence-corrected chi connectivity index (χ0v) is 13.3. The maximum Gasteiger partial charge on any atom is 0.278 e. The molecule has 0 spiro atoms. The summed E-state index contributed by atoms with van der Waals surface area (Å²) >= 11 is 0. The quantitative estimate of drug-likeness (QED) is 0.756. The number of aromatic nitrogens is 3. The molecule has 0 fully saturated rings. The SMILES string of the molecule is Cc1c(C(=O)Nc2cccc(CO)c2)nnn1Cc1ccccc1. The van der Waals surface area contributed by atoms with Crippen molar-refractivity contribution in [3.05, 3.63) is 77.1 Å². The molecule has 3 rings (SSSR count). The summed E-state index contributed by atoms with van der Waals surface area (Å²) in [5.74, 6) is -0.318. The molecule has 0 atom stereocenters. The number of benzene rings is 2. The number of hydrogen-bond donors (Lipinski definition) is 2. The van der Waals surface area contributed by atoms with Crippen LogP contribution >= 0.6 is 0 Å². The van der Waals surface area contributed by atoms with E-state index in [0.717, 1.165) is 11.1 Å². The average Bonchev–Trinajstić information content (AvgIpc) is 2.97. The Bertz CT molecular complexity index is 843. The first kappa shape index (κ1) is 15.9. The Balaban J connectivity index is 1.76. The molecule has 24 heavy (non-hydrogen) atoms. The van der Waals surface area contributed by atoms with Crippen molar-refractivity contribution in [2.75, 3.05) is 5.32 Å². The van der Waals surface area contributed by atoms with Gasteiger partial charge in [-0.05, 0) is 30.2 Å². The third kappa shape index (κ3) is 3.49. The van der Waals surface area contributed by atoms with E-state index in [0.29, 0.717) is 23.6 Å². The smallest absolute Gasteiger partial charge is 0.278 e. The van der Waals surface area contributed by atoms with E-state index in [1.54, 1.807) is 28.9 Å². The number of nitrogens with one attached hydrogen (secondary N) is 1. The molecule has 6 heteroatoms. The molecular weight excluding hydrogens is 304 g/mol. The summed E-state index contributed by atoms with van der Waals surface area (Å²) in [6, 6.07) is 16.9. The van der Waals surface area contributed by atoms with Gasteiger partial charge < -0.3 is 10.4 Å². The lowest BCUT2D eigenvalue weighted by Crippen LogP contribution is -2.14. The van der Waals surface area contributed by atoms with Gasteiger partial charge in [-0.3, -0.25) is 4.79 Å². The third-order valence-corrected chi connectivity index (χ3v) is 3.74. The fourth-order valence-corrected chi connectivity index (χ4v) is 2.41. The lowest BCUT2D eigenvalue weighted by atomic mass is 10.2. The number of aliphatic hydroxyl groups is 1. The van der Waals surface area contributed by atoms with Crippen molar-refractivity contribution < 1.29 is 9.90 Å². The van der Waals surface area contributed by atoms with Crippen molar-refractivity contribution >= 4 is 11.6 Å². The van der Waals surface area contributed by atoms with Crippen molar-refractivity contribution in [1.82, 2.24) is 15.0 Å². The lowest BCUT2D eigenvalue weighted by molar-refractivity contribution is 0.102. The van der Waals surface area contributed by atoms with E-state index < -0.39 is 0 Å². The van der Waals surface area contributed by atoms with E-state index in [4.69, 9.17) is 5.11 Å². The van der Waals surface area contributed by atoms with Crippen LogP contribution in [-0.2, 0) is 13.2 Å². The molecule has 0 unspecified atom stereocenters. The van der Waals surface area contributed by atoms with E-state index in [-0.39, 0.29) is 12.5 Å². The Hall–Kier alpha value is -2.99. The number of nitrogens with zero attached hydrogens (tertiary/aromatic N) is 3. The van der Waals surface area contributed by atoms with Gasteiger partial charge in [-0.15, -0.1) is 5.10 Å². The average molecular weight is 322 g/mol. The molecule has 2 N–H and O–H groups in total. The largest absolute Gasteiger partial charge is 0.392 e. The summed E-state index contributed by atoms with van der Waals surface area (Å²) in [7, 11) is 0. The first-order valence-electron chi connectivity index (χ1n) is 7.62. The second-order valence-corrected chi connectivity index (χ2v) is 5.48. The van der Waals surface area contributed by atoms with Crippen molar-refractivity contribution in [3.8, 4) is 0 Å². The lowest BCUT2D eigenvalue weighted by Gasteiger charge is -2.06. The molecule has 0 aliphatic carbocycles. The first-order valence-corrected chi connectivity index (χ1v) is 7.62. The fraction of sp³-hybridized carbons (Fsp3) is 0.167. The van der Waals surface area contributed by atoms with Gasteiger partial charge in [0.2, 0.25) is 0 Å². The number of carbonyl (C=O) groups is 1. The minimum Gasteiger partial charge on any atom is -0.392 e. The molecule has 1 aromatic heterocycles. The van der Waals surface area contributed by atoms with Crippen molar-refractivity contribution in [2.24, 2.45) is 0 Å². The number of amides is 1. The third-order valence-electron chi connectivity index (χ3n) is 3.74. The van der Waals surface area contributed by atoms with Crippen LogP contribution in [0.5, 0.6) is 0 Å². The maximum atomic E-state index is 12.4. The Kier molecular flexibility index (Phi) is 4.67. The van der Waals surface area contributed by atoms with E-state index in [9.17, 15) is 4.79 Å². The summed E-state index contributed by atoms with van der Waals surface area (Å²) in [6.07, 6.45) is 0. The second kappa shape index (κ2) is 7.06. The number of carbonyl (C=O) groups excluding carboxylic acids is 1. The molecular formula is C18H18N4O2. The van der Waals surface area contributed by atoms with Gasteiger partial charge in [-0.1, -0.05) is 47.7 Å². The summed E-state index contributed by atoms with van der Waals surface area (Å²) in [4.78, 5) is 12.4. The standard InChI is InChI=1S/C18H18N4O2/c1-13-17(18(24)19-16-9-5-8-15(10-16)12-23)20-21-22(13)11-14-6-3-2-4-7-14/h2-10,23H,11-12H2,1H3,(H,19,24). The molecule has 0 saturated heterocycles. The highest BCUT2D eigenvalue weighted by atomic mass is 16.3. The highest BCUT2D eigenvalue weighted by molar-refractivity contribution is 6.03. The molecule has 1 heterocycles. The van der Waals surface area contributed by atoms with Crippen LogP contribution in [0.1, 0.15) is 27.3 Å². The monoisotopic (exact) mass is 322 g/mol. The van der Waals surface area contributed by atoms with Gasteiger partial charge in [0.05, 0.1) is 18.8 Å². The Labute approximate surface area is 139 Å². The van der Waals surface area contributed by atoms with Crippen molar-refractivity contribution in [3.63, 3.8) is 0 Å². The van der Waals surface area contributed by atoms with Crippen LogP contribution in [0.3, 0.4) is 0 Å². The van der Waals surface area contributed by atoms with Gasteiger partial charge in [0.25, 0.3) is 5.91 Å². The Morgan fingerprint density at radius 2 is 1.88 bits per heavy atom. The van der Waals surface area contributed by atoms with Gasteiger partial charge in [0.1, 0.15) is 0 Å². The molecule has 1 amide bonds. The molecule has 122 valence electrons. The van der Waals surface area contributed by atoms with Crippen molar-refractivity contribution in [2.45, 2.75) is 20.1 Å². The Morgan fingerprint density at radius 3 is 2.62 bits per heavy atom. The fourth-order valence-electron chi connectivity index (χ4n) is 2.41. The molecule has 0 bridgehead atoms. The summed E-state index contributed by atoms with van der Waals surface area (Å²) in [6.45, 7) is 2.31. The zero-order valence-electron chi connectivity index (χ0n) is 13.3. The summed E-state index contributed by atoms with van der Waals surface area (Å²) < 4.78 is 1.70. The van der Waals surface area contributed by atoms with Crippen molar-refractivity contribution in [1.29, 1.82) is 0 Å². The molecule has 3 aromatic rings. The normalized spacial score (nSPS) is 10.6. The molecule has 0 aliphatic rings. The van der Waals surface area contributed by atoms with Crippen LogP contribution in [0.2, 0.25) is 0 Å². The van der Waals surface area contributed by atoms with E-state index in [1.165, 1.54) is 0 Å². The number of hydrogen-bond acceptors (Lipinski definition) is 4.